The number of carbonyl (C=O) groups excluding carboxylic acids is 1. The molecule has 4 aromatic rings. The third-order valence-electron chi connectivity index (χ3n) is 4.50. The second-order valence-electron chi connectivity index (χ2n) is 6.51. The van der Waals surface area contributed by atoms with Gasteiger partial charge in [0.15, 0.2) is 0 Å². The van der Waals surface area contributed by atoms with Crippen LogP contribution in [-0.4, -0.2) is 20.7 Å². The van der Waals surface area contributed by atoms with Crippen LogP contribution >= 0.6 is 0 Å². The number of pyridine rings is 1. The van der Waals surface area contributed by atoms with E-state index >= 15 is 0 Å². The minimum atomic E-state index is -0.958. The minimum Gasteiger partial charge on any atom is -0.306 e. The second-order valence-corrected chi connectivity index (χ2v) is 6.51. The van der Waals surface area contributed by atoms with Gasteiger partial charge in [-0.3, -0.25) is 4.79 Å². The molecule has 5 nitrogen and oxygen atoms in total. The average Bonchev–Trinajstić information content (AvgIpc) is 3.10. The maximum Gasteiger partial charge on any atom is 0.262 e. The molecule has 0 aliphatic rings. The molecule has 0 bridgehead atoms. The van der Waals surface area contributed by atoms with Gasteiger partial charge in [-0.05, 0) is 43.3 Å². The van der Waals surface area contributed by atoms with Crippen molar-refractivity contribution in [1.82, 2.24) is 14.8 Å². The molecule has 8 heteroatoms. The van der Waals surface area contributed by atoms with Crippen LogP contribution < -0.4 is 5.32 Å². The van der Waals surface area contributed by atoms with Gasteiger partial charge in [-0.25, -0.2) is 22.8 Å². The van der Waals surface area contributed by atoms with Crippen molar-refractivity contribution >= 4 is 11.7 Å². The number of rotatable bonds is 4. The molecule has 0 saturated heterocycles. The molecule has 0 spiro atoms. The van der Waals surface area contributed by atoms with Crippen LogP contribution in [0.2, 0.25) is 0 Å². The van der Waals surface area contributed by atoms with Gasteiger partial charge >= 0.3 is 0 Å². The highest BCUT2D eigenvalue weighted by atomic mass is 19.1. The van der Waals surface area contributed by atoms with Gasteiger partial charge in [-0.2, -0.15) is 5.10 Å². The standard InChI is InChI=1S/C22H15F3N4O/c1-13-15(12-29(28-13)19-8-3-2-5-16(19)23)14-9-10-20(26-11-14)27-22(30)21-17(24)6-4-7-18(21)25/h2-12H,1H3,(H,26,27,30). The Bertz CT molecular complexity index is 1220. The van der Waals surface area contributed by atoms with Crippen LogP contribution in [0.1, 0.15) is 16.1 Å². The van der Waals surface area contributed by atoms with Gasteiger partial charge in [0, 0.05) is 23.5 Å². The first-order valence-electron chi connectivity index (χ1n) is 8.97. The Hall–Kier alpha value is -3.94. The van der Waals surface area contributed by atoms with Crippen LogP contribution in [0.25, 0.3) is 16.8 Å². The molecule has 150 valence electrons. The van der Waals surface area contributed by atoms with Crippen LogP contribution in [-0.2, 0) is 0 Å². The summed E-state index contributed by atoms with van der Waals surface area (Å²) in [7, 11) is 0. The highest BCUT2D eigenvalue weighted by Gasteiger charge is 2.18. The Balaban J connectivity index is 1.57. The number of para-hydroxylation sites is 1. The number of nitrogens with one attached hydrogen (secondary N) is 1. The van der Waals surface area contributed by atoms with Crippen molar-refractivity contribution in [2.24, 2.45) is 0 Å². The summed E-state index contributed by atoms with van der Waals surface area (Å²) in [6.07, 6.45) is 3.17. The molecule has 0 saturated carbocycles. The van der Waals surface area contributed by atoms with E-state index in [2.05, 4.69) is 15.4 Å². The second kappa shape index (κ2) is 7.82. The lowest BCUT2D eigenvalue weighted by Gasteiger charge is -2.07. The monoisotopic (exact) mass is 408 g/mol. The number of halogens is 3. The molecular formula is C22H15F3N4O. The summed E-state index contributed by atoms with van der Waals surface area (Å²) in [4.78, 5) is 16.3. The Labute approximate surface area is 169 Å². The number of benzene rings is 2. The molecule has 1 amide bonds. The zero-order valence-electron chi connectivity index (χ0n) is 15.7. The van der Waals surface area contributed by atoms with Gasteiger partial charge in [0.1, 0.15) is 34.5 Å². The molecule has 0 aliphatic heterocycles. The van der Waals surface area contributed by atoms with Crippen molar-refractivity contribution in [3.05, 3.63) is 95.7 Å². The van der Waals surface area contributed by atoms with E-state index in [1.165, 1.54) is 29.1 Å². The molecule has 4 rings (SSSR count). The van der Waals surface area contributed by atoms with Gasteiger partial charge in [0.25, 0.3) is 5.91 Å². The molecule has 0 aliphatic carbocycles. The Kier molecular flexibility index (Phi) is 5.05. The van der Waals surface area contributed by atoms with Crippen LogP contribution in [0.4, 0.5) is 19.0 Å². The molecule has 30 heavy (non-hydrogen) atoms. The number of anilines is 1. The Morgan fingerprint density at radius 2 is 1.63 bits per heavy atom. The number of aromatic nitrogens is 3. The van der Waals surface area contributed by atoms with Crippen LogP contribution in [0, 0.1) is 24.4 Å². The molecule has 0 radical (unpaired) electrons. The number of carbonyl (C=O) groups is 1. The molecule has 2 aromatic carbocycles. The van der Waals surface area contributed by atoms with E-state index in [1.807, 2.05) is 0 Å². The quantitative estimate of drug-likeness (QED) is 0.522. The fraction of sp³-hybridized carbons (Fsp3) is 0.0455. The fourth-order valence-corrected chi connectivity index (χ4v) is 3.03. The largest absolute Gasteiger partial charge is 0.306 e. The van der Waals surface area contributed by atoms with Crippen molar-refractivity contribution < 1.29 is 18.0 Å². The van der Waals surface area contributed by atoms with Crippen molar-refractivity contribution in [3.8, 4) is 16.8 Å². The molecule has 0 atom stereocenters. The summed E-state index contributed by atoms with van der Waals surface area (Å²) in [5.41, 5.74) is 1.71. The van der Waals surface area contributed by atoms with Gasteiger partial charge in [-0.15, -0.1) is 0 Å². The normalized spacial score (nSPS) is 10.8. The third-order valence-corrected chi connectivity index (χ3v) is 4.50. The molecule has 2 heterocycles. The maximum absolute atomic E-state index is 14.0. The number of hydrogen-bond acceptors (Lipinski definition) is 3. The molecule has 0 fully saturated rings. The van der Waals surface area contributed by atoms with Crippen LogP contribution in [0.5, 0.6) is 0 Å². The van der Waals surface area contributed by atoms with Gasteiger partial charge < -0.3 is 5.32 Å². The number of hydrogen-bond donors (Lipinski definition) is 1. The molecule has 1 N–H and O–H groups in total. The lowest BCUT2D eigenvalue weighted by atomic mass is 10.1. The van der Waals surface area contributed by atoms with E-state index in [0.29, 0.717) is 16.9 Å². The van der Waals surface area contributed by atoms with Crippen molar-refractivity contribution in [2.75, 3.05) is 5.32 Å². The summed E-state index contributed by atoms with van der Waals surface area (Å²) in [5.74, 6) is -3.12. The molecule has 2 aromatic heterocycles. The number of aryl methyl sites for hydroxylation is 1. The van der Waals surface area contributed by atoms with Crippen LogP contribution in [0.15, 0.2) is 67.0 Å². The van der Waals surface area contributed by atoms with E-state index in [-0.39, 0.29) is 5.82 Å². The van der Waals surface area contributed by atoms with E-state index in [9.17, 15) is 18.0 Å². The Morgan fingerprint density at radius 1 is 0.933 bits per heavy atom. The predicted molar refractivity (Wildman–Crippen MR) is 106 cm³/mol. The summed E-state index contributed by atoms with van der Waals surface area (Å²) < 4.78 is 43.0. The summed E-state index contributed by atoms with van der Waals surface area (Å²) in [6, 6.07) is 12.6. The SMILES string of the molecule is Cc1nn(-c2ccccc2F)cc1-c1ccc(NC(=O)c2c(F)cccc2F)nc1. The first-order chi connectivity index (χ1) is 14.4. The van der Waals surface area contributed by atoms with Crippen molar-refractivity contribution in [1.29, 1.82) is 0 Å². The summed E-state index contributed by atoms with van der Waals surface area (Å²) >= 11 is 0. The fourth-order valence-electron chi connectivity index (χ4n) is 3.03. The highest BCUT2D eigenvalue weighted by Crippen LogP contribution is 2.25. The first-order valence-corrected chi connectivity index (χ1v) is 8.97. The lowest BCUT2D eigenvalue weighted by Crippen LogP contribution is -2.16. The highest BCUT2D eigenvalue weighted by molar-refractivity contribution is 6.04. The molecular weight excluding hydrogens is 393 g/mol. The zero-order valence-corrected chi connectivity index (χ0v) is 15.7. The lowest BCUT2D eigenvalue weighted by molar-refractivity contribution is 0.101. The van der Waals surface area contributed by atoms with Crippen LogP contribution in [0.3, 0.4) is 0 Å². The number of nitrogens with zero attached hydrogens (tertiary/aromatic N) is 3. The van der Waals surface area contributed by atoms with Gasteiger partial charge in [0.05, 0.1) is 5.69 Å². The van der Waals surface area contributed by atoms with E-state index in [4.69, 9.17) is 0 Å². The topological polar surface area (TPSA) is 59.8 Å². The third kappa shape index (κ3) is 3.67. The average molecular weight is 408 g/mol. The van der Waals surface area contributed by atoms with E-state index < -0.39 is 28.9 Å². The van der Waals surface area contributed by atoms with Crippen molar-refractivity contribution in [3.63, 3.8) is 0 Å². The maximum atomic E-state index is 14.0. The van der Waals surface area contributed by atoms with E-state index in [1.54, 1.807) is 37.4 Å². The smallest absolute Gasteiger partial charge is 0.262 e. The van der Waals surface area contributed by atoms with Gasteiger partial charge in [0.2, 0.25) is 0 Å². The summed E-state index contributed by atoms with van der Waals surface area (Å²) in [5, 5.41) is 6.72. The zero-order chi connectivity index (χ0) is 21.3. The summed E-state index contributed by atoms with van der Waals surface area (Å²) in [6.45, 7) is 1.78. The predicted octanol–water partition coefficient (Wildman–Crippen LogP) is 4.91. The Morgan fingerprint density at radius 3 is 2.30 bits per heavy atom. The number of amides is 1. The van der Waals surface area contributed by atoms with Gasteiger partial charge in [-0.1, -0.05) is 18.2 Å². The molecule has 0 unspecified atom stereocenters. The first kappa shape index (κ1) is 19.4. The van der Waals surface area contributed by atoms with E-state index in [0.717, 1.165) is 17.7 Å². The minimum absolute atomic E-state index is 0.130. The van der Waals surface area contributed by atoms with Crippen molar-refractivity contribution in [2.45, 2.75) is 6.92 Å².